The minimum absolute atomic E-state index is 0.782. The predicted octanol–water partition coefficient (Wildman–Crippen LogP) is 7.66. The smallest absolute Gasteiger partial charge is 0.119 e. The van der Waals surface area contributed by atoms with Crippen LogP contribution >= 0.6 is 0 Å². The maximum absolute atomic E-state index is 5.84. The molecule has 0 aliphatic rings. The third-order valence-corrected chi connectivity index (χ3v) is 5.43. The van der Waals surface area contributed by atoms with E-state index >= 15 is 0 Å². The minimum atomic E-state index is 0.782. The molecule has 0 bridgehead atoms. The second-order valence-electron chi connectivity index (χ2n) is 8.03. The van der Waals surface area contributed by atoms with Gasteiger partial charge in [-0.25, -0.2) is 0 Å². The maximum Gasteiger partial charge on any atom is 0.119 e. The Kier molecular flexibility index (Phi) is 9.49. The first-order valence-corrected chi connectivity index (χ1v) is 11.8. The average Bonchev–Trinajstić information content (AvgIpc) is 3.30. The van der Waals surface area contributed by atoms with Crippen LogP contribution < -0.4 is 9.47 Å². The highest BCUT2D eigenvalue weighted by Crippen LogP contribution is 2.27. The predicted molar refractivity (Wildman–Crippen MR) is 129 cm³/mol. The van der Waals surface area contributed by atoms with Gasteiger partial charge in [-0.15, -0.1) is 0 Å². The molecule has 1 aromatic heterocycles. The van der Waals surface area contributed by atoms with Crippen molar-refractivity contribution in [3.8, 4) is 34.0 Å². The lowest BCUT2D eigenvalue weighted by atomic mass is 10.1. The molecule has 0 radical (unpaired) electrons. The van der Waals surface area contributed by atoms with Gasteiger partial charge in [0.25, 0.3) is 0 Å². The summed E-state index contributed by atoms with van der Waals surface area (Å²) in [6.07, 6.45) is 9.74. The molecule has 0 fully saturated rings. The van der Waals surface area contributed by atoms with Gasteiger partial charge in [-0.1, -0.05) is 52.4 Å². The molecule has 0 saturated carbocycles. The van der Waals surface area contributed by atoms with E-state index in [2.05, 4.69) is 54.4 Å². The molecular formula is C27H36N2O2. The van der Waals surface area contributed by atoms with Gasteiger partial charge in [0.05, 0.1) is 24.6 Å². The maximum atomic E-state index is 5.84. The molecule has 31 heavy (non-hydrogen) atoms. The molecular weight excluding hydrogens is 384 g/mol. The highest BCUT2D eigenvalue weighted by Gasteiger charge is 2.07. The van der Waals surface area contributed by atoms with Crippen molar-refractivity contribution in [2.24, 2.45) is 0 Å². The third kappa shape index (κ3) is 7.46. The number of unbranched alkanes of at least 4 members (excludes halogenated alkanes) is 6. The van der Waals surface area contributed by atoms with E-state index in [1.54, 1.807) is 0 Å². The summed E-state index contributed by atoms with van der Waals surface area (Å²) in [7, 11) is 0. The number of nitrogens with one attached hydrogen (secondary N) is 1. The summed E-state index contributed by atoms with van der Waals surface area (Å²) in [5.74, 6) is 1.84. The van der Waals surface area contributed by atoms with E-state index in [-0.39, 0.29) is 0 Å². The quantitative estimate of drug-likeness (QED) is 0.272. The molecule has 0 aliphatic carbocycles. The van der Waals surface area contributed by atoms with Gasteiger partial charge in [-0.3, -0.25) is 5.10 Å². The monoisotopic (exact) mass is 420 g/mol. The summed E-state index contributed by atoms with van der Waals surface area (Å²) < 4.78 is 11.7. The van der Waals surface area contributed by atoms with Crippen molar-refractivity contribution in [1.82, 2.24) is 10.2 Å². The Morgan fingerprint density at radius 1 is 0.645 bits per heavy atom. The molecule has 0 aliphatic heterocycles. The van der Waals surface area contributed by atoms with E-state index in [1.165, 1.54) is 38.5 Å². The second kappa shape index (κ2) is 12.8. The highest BCUT2D eigenvalue weighted by atomic mass is 16.5. The molecule has 3 rings (SSSR count). The number of hydrogen-bond donors (Lipinski definition) is 1. The zero-order valence-electron chi connectivity index (χ0n) is 19.0. The molecule has 1 heterocycles. The van der Waals surface area contributed by atoms with Gasteiger partial charge in [0.2, 0.25) is 0 Å². The molecule has 166 valence electrons. The lowest BCUT2D eigenvalue weighted by molar-refractivity contribution is 0.305. The Morgan fingerprint density at radius 2 is 1.16 bits per heavy atom. The number of nitrogens with zero attached hydrogens (tertiary/aromatic N) is 1. The van der Waals surface area contributed by atoms with Crippen LogP contribution in [0.2, 0.25) is 0 Å². The van der Waals surface area contributed by atoms with Crippen molar-refractivity contribution in [3.05, 3.63) is 54.6 Å². The van der Waals surface area contributed by atoms with Gasteiger partial charge in [-0.2, -0.15) is 5.10 Å². The lowest BCUT2D eigenvalue weighted by Gasteiger charge is -2.06. The summed E-state index contributed by atoms with van der Waals surface area (Å²) in [4.78, 5) is 0. The van der Waals surface area contributed by atoms with Crippen LogP contribution in [0.4, 0.5) is 0 Å². The molecule has 4 nitrogen and oxygen atoms in total. The number of H-pyrrole nitrogens is 1. The van der Waals surface area contributed by atoms with Gasteiger partial charge in [-0.05, 0) is 73.0 Å². The molecule has 2 aromatic carbocycles. The molecule has 3 aromatic rings. The van der Waals surface area contributed by atoms with Crippen molar-refractivity contribution in [2.75, 3.05) is 13.2 Å². The standard InChI is InChI=1S/C27H36N2O2/c1-3-5-7-9-19-30-24-15-11-22(12-16-24)26-21-27(29-28-26)23-13-17-25(18-14-23)31-20-10-8-6-4-2/h11-18,21H,3-10,19-20H2,1-2H3,(H,28,29). The van der Waals surface area contributed by atoms with Gasteiger partial charge in [0, 0.05) is 5.56 Å². The fourth-order valence-corrected chi connectivity index (χ4v) is 3.51. The SMILES string of the molecule is CCCCCCOc1ccc(-c2cc(-c3ccc(OCCCCCC)cc3)[nH]n2)cc1. The van der Waals surface area contributed by atoms with E-state index < -0.39 is 0 Å². The number of benzene rings is 2. The van der Waals surface area contributed by atoms with Crippen LogP contribution in [0.5, 0.6) is 11.5 Å². The Hall–Kier alpha value is -2.75. The minimum Gasteiger partial charge on any atom is -0.494 e. The number of rotatable bonds is 14. The second-order valence-corrected chi connectivity index (χ2v) is 8.03. The third-order valence-electron chi connectivity index (χ3n) is 5.43. The van der Waals surface area contributed by atoms with Crippen molar-refractivity contribution in [2.45, 2.75) is 65.2 Å². The fourth-order valence-electron chi connectivity index (χ4n) is 3.51. The Bertz CT molecular complexity index is 797. The van der Waals surface area contributed by atoms with Gasteiger partial charge in [0.15, 0.2) is 0 Å². The first-order chi connectivity index (χ1) is 15.3. The van der Waals surface area contributed by atoms with Gasteiger partial charge in [0.1, 0.15) is 11.5 Å². The average molecular weight is 421 g/mol. The number of aromatic nitrogens is 2. The fraction of sp³-hybridized carbons (Fsp3) is 0.444. The number of hydrogen-bond acceptors (Lipinski definition) is 3. The number of ether oxygens (including phenoxy) is 2. The summed E-state index contributed by atoms with van der Waals surface area (Å²) >= 11 is 0. The first kappa shape index (κ1) is 22.9. The van der Waals surface area contributed by atoms with Crippen LogP contribution in [-0.2, 0) is 0 Å². The summed E-state index contributed by atoms with van der Waals surface area (Å²) in [5, 5.41) is 7.64. The van der Waals surface area contributed by atoms with E-state index in [0.29, 0.717) is 0 Å². The van der Waals surface area contributed by atoms with Gasteiger partial charge >= 0.3 is 0 Å². The summed E-state index contributed by atoms with van der Waals surface area (Å²) in [6.45, 7) is 6.01. The lowest BCUT2D eigenvalue weighted by Crippen LogP contribution is -1.96. The summed E-state index contributed by atoms with van der Waals surface area (Å²) in [6, 6.07) is 18.5. The molecule has 0 atom stereocenters. The van der Waals surface area contributed by atoms with Crippen LogP contribution in [-0.4, -0.2) is 23.4 Å². The van der Waals surface area contributed by atoms with E-state index in [0.717, 1.165) is 60.1 Å². The first-order valence-electron chi connectivity index (χ1n) is 11.8. The Morgan fingerprint density at radius 3 is 1.68 bits per heavy atom. The molecule has 0 unspecified atom stereocenters. The summed E-state index contributed by atoms with van der Waals surface area (Å²) in [5.41, 5.74) is 4.11. The molecule has 0 spiro atoms. The van der Waals surface area contributed by atoms with E-state index in [9.17, 15) is 0 Å². The normalized spacial score (nSPS) is 10.9. The topological polar surface area (TPSA) is 47.1 Å². The van der Waals surface area contributed by atoms with Crippen LogP contribution in [0.1, 0.15) is 65.2 Å². The zero-order chi connectivity index (χ0) is 21.7. The van der Waals surface area contributed by atoms with Crippen LogP contribution in [0.25, 0.3) is 22.5 Å². The van der Waals surface area contributed by atoms with Crippen molar-refractivity contribution in [3.63, 3.8) is 0 Å². The Labute approximate surface area is 187 Å². The molecule has 4 heteroatoms. The highest BCUT2D eigenvalue weighted by molar-refractivity contribution is 5.68. The number of aromatic amines is 1. The van der Waals surface area contributed by atoms with Crippen molar-refractivity contribution < 1.29 is 9.47 Å². The van der Waals surface area contributed by atoms with Gasteiger partial charge < -0.3 is 9.47 Å². The van der Waals surface area contributed by atoms with E-state index in [4.69, 9.17) is 9.47 Å². The van der Waals surface area contributed by atoms with Crippen molar-refractivity contribution >= 4 is 0 Å². The largest absolute Gasteiger partial charge is 0.494 e. The van der Waals surface area contributed by atoms with Crippen LogP contribution in [0.3, 0.4) is 0 Å². The van der Waals surface area contributed by atoms with Crippen LogP contribution in [0, 0.1) is 0 Å². The Balaban J connectivity index is 1.51. The van der Waals surface area contributed by atoms with Crippen LogP contribution in [0.15, 0.2) is 54.6 Å². The molecule has 1 N–H and O–H groups in total. The molecule has 0 amide bonds. The van der Waals surface area contributed by atoms with E-state index in [1.807, 2.05) is 24.3 Å². The van der Waals surface area contributed by atoms with Crippen molar-refractivity contribution in [1.29, 1.82) is 0 Å². The molecule has 0 saturated heterocycles. The zero-order valence-corrected chi connectivity index (χ0v) is 19.0.